The number of aliphatic imine (C=N–C) groups is 1. The molecule has 1 aliphatic heterocycles. The van der Waals surface area contributed by atoms with Gasteiger partial charge in [-0.1, -0.05) is 18.5 Å². The third kappa shape index (κ3) is 4.78. The smallest absolute Gasteiger partial charge is 0.242 e. The number of amides is 1. The third-order valence-corrected chi connectivity index (χ3v) is 5.14. The summed E-state index contributed by atoms with van der Waals surface area (Å²) in [4.78, 5) is 20.8. The van der Waals surface area contributed by atoms with Gasteiger partial charge >= 0.3 is 0 Å². The summed E-state index contributed by atoms with van der Waals surface area (Å²) in [7, 11) is 1.73. The molecule has 0 radical (unpaired) electrons. The Kier molecular flexibility index (Phi) is 5.68. The van der Waals surface area contributed by atoms with E-state index in [1.807, 2.05) is 29.2 Å². The van der Waals surface area contributed by atoms with Crippen LogP contribution in [0.2, 0.25) is 5.02 Å². The van der Waals surface area contributed by atoms with E-state index in [-0.39, 0.29) is 12.5 Å². The lowest BCUT2D eigenvalue weighted by Crippen LogP contribution is -2.52. The van der Waals surface area contributed by atoms with Crippen molar-refractivity contribution in [1.29, 1.82) is 0 Å². The van der Waals surface area contributed by atoms with Gasteiger partial charge < -0.3 is 20.4 Å². The van der Waals surface area contributed by atoms with Gasteiger partial charge in [-0.2, -0.15) is 0 Å². The van der Waals surface area contributed by atoms with Gasteiger partial charge in [-0.3, -0.25) is 9.79 Å². The molecule has 136 valence electrons. The number of nitrogens with zero attached hydrogens (tertiary/aromatic N) is 3. The predicted octanol–water partition coefficient (Wildman–Crippen LogP) is 1.56. The number of anilines is 1. The number of guanidine groups is 1. The van der Waals surface area contributed by atoms with Gasteiger partial charge in [0.05, 0.1) is 6.54 Å². The Morgan fingerprint density at radius 3 is 2.44 bits per heavy atom. The molecule has 1 aliphatic carbocycles. The van der Waals surface area contributed by atoms with Crippen molar-refractivity contribution in [2.45, 2.75) is 19.4 Å². The molecule has 2 atom stereocenters. The van der Waals surface area contributed by atoms with E-state index in [0.29, 0.717) is 17.9 Å². The summed E-state index contributed by atoms with van der Waals surface area (Å²) in [6.45, 7) is 5.61. The molecule has 1 aromatic rings. The number of benzene rings is 1. The molecule has 1 saturated heterocycles. The molecule has 2 unspecified atom stereocenters. The van der Waals surface area contributed by atoms with Crippen LogP contribution in [-0.2, 0) is 4.79 Å². The van der Waals surface area contributed by atoms with Crippen LogP contribution in [0.4, 0.5) is 5.69 Å². The fourth-order valence-corrected chi connectivity index (χ4v) is 3.16. The van der Waals surface area contributed by atoms with Crippen LogP contribution in [0.3, 0.4) is 0 Å². The fourth-order valence-electron chi connectivity index (χ4n) is 3.03. The summed E-state index contributed by atoms with van der Waals surface area (Å²) in [5.74, 6) is 1.51. The number of carbonyl (C=O) groups excluding carboxylic acids is 1. The summed E-state index contributed by atoms with van der Waals surface area (Å²) in [5.41, 5.74) is 1.15. The van der Waals surface area contributed by atoms with Crippen LogP contribution < -0.4 is 15.5 Å². The topological polar surface area (TPSA) is 60.0 Å². The van der Waals surface area contributed by atoms with E-state index >= 15 is 0 Å². The maximum absolute atomic E-state index is 12.4. The molecule has 1 heterocycles. The number of piperazine rings is 1. The number of hydrogen-bond donors (Lipinski definition) is 2. The number of rotatable bonds is 4. The van der Waals surface area contributed by atoms with Gasteiger partial charge in [0.15, 0.2) is 5.96 Å². The molecule has 2 N–H and O–H groups in total. The Hall–Kier alpha value is -1.95. The molecule has 7 heteroatoms. The Bertz CT molecular complexity index is 625. The Balaban J connectivity index is 1.42. The zero-order valence-electron chi connectivity index (χ0n) is 14.8. The van der Waals surface area contributed by atoms with Crippen molar-refractivity contribution in [2.75, 3.05) is 44.7 Å². The van der Waals surface area contributed by atoms with Crippen molar-refractivity contribution in [1.82, 2.24) is 15.5 Å². The summed E-state index contributed by atoms with van der Waals surface area (Å²) in [5, 5.41) is 7.20. The quantitative estimate of drug-likeness (QED) is 0.629. The maximum atomic E-state index is 12.4. The standard InChI is InChI=1S/C18H26ClN5O/c1-13-11-16(13)22-18(20-2)21-12-17(25)24-9-7-23(8-10-24)15-5-3-14(19)4-6-15/h3-6,13,16H,7-12H2,1-2H3,(H2,20,21,22). The zero-order valence-corrected chi connectivity index (χ0v) is 15.6. The van der Waals surface area contributed by atoms with Crippen LogP contribution in [-0.4, -0.2) is 62.6 Å². The molecule has 6 nitrogen and oxygen atoms in total. The first-order valence-corrected chi connectivity index (χ1v) is 9.20. The summed E-state index contributed by atoms with van der Waals surface area (Å²) in [6, 6.07) is 8.34. The molecule has 25 heavy (non-hydrogen) atoms. The summed E-state index contributed by atoms with van der Waals surface area (Å²) in [6.07, 6.45) is 1.17. The van der Waals surface area contributed by atoms with Gasteiger partial charge in [-0.05, 0) is 36.6 Å². The first kappa shape index (κ1) is 17.9. The van der Waals surface area contributed by atoms with Gasteiger partial charge in [-0.25, -0.2) is 0 Å². The van der Waals surface area contributed by atoms with Crippen molar-refractivity contribution < 1.29 is 4.79 Å². The van der Waals surface area contributed by atoms with Gasteiger partial charge in [0.1, 0.15) is 0 Å². The molecule has 0 aromatic heterocycles. The Morgan fingerprint density at radius 1 is 1.24 bits per heavy atom. The fraction of sp³-hybridized carbons (Fsp3) is 0.556. The number of hydrogen-bond acceptors (Lipinski definition) is 3. The first-order valence-electron chi connectivity index (χ1n) is 8.82. The molecular formula is C18H26ClN5O. The molecule has 0 bridgehead atoms. The minimum Gasteiger partial charge on any atom is -0.368 e. The lowest BCUT2D eigenvalue weighted by molar-refractivity contribution is -0.130. The van der Waals surface area contributed by atoms with Crippen molar-refractivity contribution >= 4 is 29.2 Å². The predicted molar refractivity (Wildman–Crippen MR) is 102 cm³/mol. The van der Waals surface area contributed by atoms with Crippen molar-refractivity contribution in [3.8, 4) is 0 Å². The monoisotopic (exact) mass is 363 g/mol. The van der Waals surface area contributed by atoms with Gasteiger partial charge in [0, 0.05) is 50.0 Å². The molecular weight excluding hydrogens is 338 g/mol. The largest absolute Gasteiger partial charge is 0.368 e. The molecule has 2 aliphatic rings. The Morgan fingerprint density at radius 2 is 1.88 bits per heavy atom. The number of halogens is 1. The average Bonchev–Trinajstić information content (AvgIpc) is 3.33. The summed E-state index contributed by atoms with van der Waals surface area (Å²) >= 11 is 5.94. The van der Waals surface area contributed by atoms with E-state index < -0.39 is 0 Å². The van der Waals surface area contributed by atoms with Crippen molar-refractivity contribution in [3.63, 3.8) is 0 Å². The highest BCUT2D eigenvalue weighted by Crippen LogP contribution is 2.28. The molecule has 3 rings (SSSR count). The van der Waals surface area contributed by atoms with E-state index in [1.165, 1.54) is 6.42 Å². The van der Waals surface area contributed by atoms with Gasteiger partial charge in [0.2, 0.25) is 5.91 Å². The maximum Gasteiger partial charge on any atom is 0.242 e. The normalized spacial score (nSPS) is 23.4. The summed E-state index contributed by atoms with van der Waals surface area (Å²) < 4.78 is 0. The van der Waals surface area contributed by atoms with Gasteiger partial charge in [-0.15, -0.1) is 0 Å². The van der Waals surface area contributed by atoms with E-state index in [0.717, 1.165) is 36.9 Å². The second-order valence-corrected chi connectivity index (χ2v) is 7.17. The zero-order chi connectivity index (χ0) is 17.8. The highest BCUT2D eigenvalue weighted by atomic mass is 35.5. The second-order valence-electron chi connectivity index (χ2n) is 6.73. The molecule has 2 fully saturated rings. The number of carbonyl (C=O) groups is 1. The first-order chi connectivity index (χ1) is 12.1. The van der Waals surface area contributed by atoms with Crippen LogP contribution >= 0.6 is 11.6 Å². The third-order valence-electron chi connectivity index (χ3n) is 4.89. The molecule has 0 spiro atoms. The van der Waals surface area contributed by atoms with E-state index in [1.54, 1.807) is 7.05 Å². The van der Waals surface area contributed by atoms with Crippen LogP contribution in [0.5, 0.6) is 0 Å². The lowest BCUT2D eigenvalue weighted by Gasteiger charge is -2.36. The van der Waals surface area contributed by atoms with Crippen molar-refractivity contribution in [2.24, 2.45) is 10.9 Å². The van der Waals surface area contributed by atoms with E-state index in [2.05, 4.69) is 27.4 Å². The molecule has 1 amide bonds. The highest BCUT2D eigenvalue weighted by Gasteiger charge is 2.33. The lowest BCUT2D eigenvalue weighted by atomic mass is 10.2. The van der Waals surface area contributed by atoms with Gasteiger partial charge in [0.25, 0.3) is 0 Å². The Labute approximate surface area is 154 Å². The SMILES string of the molecule is CN=C(NCC(=O)N1CCN(c2ccc(Cl)cc2)CC1)NC1CC1C. The van der Waals surface area contributed by atoms with Crippen LogP contribution in [0.25, 0.3) is 0 Å². The van der Waals surface area contributed by atoms with Crippen LogP contribution in [0.1, 0.15) is 13.3 Å². The van der Waals surface area contributed by atoms with E-state index in [9.17, 15) is 4.79 Å². The minimum atomic E-state index is 0.113. The second kappa shape index (κ2) is 7.95. The van der Waals surface area contributed by atoms with E-state index in [4.69, 9.17) is 11.6 Å². The molecule has 1 saturated carbocycles. The average molecular weight is 364 g/mol. The van der Waals surface area contributed by atoms with Crippen LogP contribution in [0, 0.1) is 5.92 Å². The van der Waals surface area contributed by atoms with Crippen LogP contribution in [0.15, 0.2) is 29.3 Å². The highest BCUT2D eigenvalue weighted by molar-refractivity contribution is 6.30. The minimum absolute atomic E-state index is 0.113. The van der Waals surface area contributed by atoms with Crippen molar-refractivity contribution in [3.05, 3.63) is 29.3 Å². The molecule has 1 aromatic carbocycles. The number of nitrogens with one attached hydrogen (secondary N) is 2.